The normalized spacial score (nSPS) is 11.4. The molecule has 0 aliphatic rings. The van der Waals surface area contributed by atoms with Gasteiger partial charge >= 0.3 is 0 Å². The van der Waals surface area contributed by atoms with Crippen LogP contribution in [0.15, 0.2) is 64.0 Å². The van der Waals surface area contributed by atoms with Crippen LogP contribution in [0.3, 0.4) is 0 Å². The zero-order chi connectivity index (χ0) is 16.4. The van der Waals surface area contributed by atoms with Gasteiger partial charge in [-0.1, -0.05) is 35.5 Å². The van der Waals surface area contributed by atoms with E-state index >= 15 is 0 Å². The molecule has 0 fully saturated rings. The lowest BCUT2D eigenvalue weighted by atomic mass is 10.1. The number of nitrogens with one attached hydrogen (secondary N) is 1. The number of aromatic nitrogens is 1. The Morgan fingerprint density at radius 3 is 2.52 bits per heavy atom. The van der Waals surface area contributed by atoms with Crippen LogP contribution in [0.2, 0.25) is 0 Å². The zero-order valence-corrected chi connectivity index (χ0v) is 13.0. The molecule has 0 aliphatic carbocycles. The van der Waals surface area contributed by atoms with Crippen molar-refractivity contribution in [2.75, 3.05) is 4.72 Å². The molecule has 1 heterocycles. The summed E-state index contributed by atoms with van der Waals surface area (Å²) in [5, 5.41) is 3.84. The second-order valence-corrected chi connectivity index (χ2v) is 6.57. The van der Waals surface area contributed by atoms with Gasteiger partial charge in [0.05, 0.1) is 4.90 Å². The molecule has 2 aromatic carbocycles. The molecule has 0 atom stereocenters. The van der Waals surface area contributed by atoms with Crippen LogP contribution in [0.25, 0.3) is 11.3 Å². The molecular weight excluding hydrogens is 319 g/mol. The first-order chi connectivity index (χ1) is 11.0. The fourth-order valence-corrected chi connectivity index (χ4v) is 3.26. The quantitative estimate of drug-likeness (QED) is 0.792. The predicted octanol–water partition coefficient (Wildman–Crippen LogP) is 3.59. The van der Waals surface area contributed by atoms with Gasteiger partial charge in [-0.2, -0.15) is 0 Å². The SMILES string of the molecule is Cc1onc(-c2cccc(F)c2)c1NS(=O)(=O)c1ccccc1. The number of anilines is 1. The van der Waals surface area contributed by atoms with Gasteiger partial charge in [0.2, 0.25) is 0 Å². The summed E-state index contributed by atoms with van der Waals surface area (Å²) in [5.74, 6) is -0.149. The summed E-state index contributed by atoms with van der Waals surface area (Å²) in [4.78, 5) is 0.116. The molecule has 3 rings (SSSR count). The van der Waals surface area contributed by atoms with Gasteiger partial charge in [-0.3, -0.25) is 4.72 Å². The topological polar surface area (TPSA) is 72.2 Å². The molecule has 118 valence electrons. The van der Waals surface area contributed by atoms with Gasteiger partial charge in [-0.05, 0) is 31.2 Å². The Balaban J connectivity index is 2.03. The number of halogens is 1. The maximum Gasteiger partial charge on any atom is 0.262 e. The third-order valence-corrected chi connectivity index (χ3v) is 4.62. The second kappa shape index (κ2) is 5.85. The fraction of sp³-hybridized carbons (Fsp3) is 0.0625. The van der Waals surface area contributed by atoms with Crippen LogP contribution in [0.1, 0.15) is 5.76 Å². The van der Waals surface area contributed by atoms with E-state index in [4.69, 9.17) is 4.52 Å². The highest BCUT2D eigenvalue weighted by Gasteiger charge is 2.22. The predicted molar refractivity (Wildman–Crippen MR) is 83.9 cm³/mol. The van der Waals surface area contributed by atoms with Crippen molar-refractivity contribution < 1.29 is 17.3 Å². The molecule has 0 saturated heterocycles. The number of sulfonamides is 1. The number of benzene rings is 2. The van der Waals surface area contributed by atoms with E-state index in [0.717, 1.165) is 0 Å². The Morgan fingerprint density at radius 1 is 1.09 bits per heavy atom. The van der Waals surface area contributed by atoms with Gasteiger partial charge < -0.3 is 4.52 Å². The van der Waals surface area contributed by atoms with Crippen molar-refractivity contribution in [2.45, 2.75) is 11.8 Å². The van der Waals surface area contributed by atoms with Crippen molar-refractivity contribution in [2.24, 2.45) is 0 Å². The molecule has 0 unspecified atom stereocenters. The van der Waals surface area contributed by atoms with E-state index in [2.05, 4.69) is 9.88 Å². The first kappa shape index (κ1) is 15.2. The Kier molecular flexibility index (Phi) is 3.87. The van der Waals surface area contributed by atoms with Gasteiger partial charge in [0, 0.05) is 5.56 Å². The number of nitrogens with zero attached hydrogens (tertiary/aromatic N) is 1. The molecule has 3 aromatic rings. The molecule has 0 aliphatic heterocycles. The van der Waals surface area contributed by atoms with Crippen molar-refractivity contribution in [3.8, 4) is 11.3 Å². The van der Waals surface area contributed by atoms with E-state index in [1.54, 1.807) is 31.2 Å². The highest BCUT2D eigenvalue weighted by Crippen LogP contribution is 2.32. The van der Waals surface area contributed by atoms with Gasteiger partial charge in [0.1, 0.15) is 17.2 Å². The van der Waals surface area contributed by atoms with Crippen LogP contribution < -0.4 is 4.72 Å². The van der Waals surface area contributed by atoms with Gasteiger partial charge in [0.15, 0.2) is 5.76 Å². The maximum atomic E-state index is 13.4. The number of hydrogen-bond acceptors (Lipinski definition) is 4. The van der Waals surface area contributed by atoms with Crippen LogP contribution in [-0.4, -0.2) is 13.6 Å². The number of rotatable bonds is 4. The molecule has 0 spiro atoms. The first-order valence-electron chi connectivity index (χ1n) is 6.77. The number of aryl methyl sites for hydroxylation is 1. The van der Waals surface area contributed by atoms with Crippen LogP contribution in [0, 0.1) is 12.7 Å². The summed E-state index contributed by atoms with van der Waals surface area (Å²) in [7, 11) is -3.79. The molecule has 0 radical (unpaired) electrons. The Hall–Kier alpha value is -2.67. The average molecular weight is 332 g/mol. The zero-order valence-electron chi connectivity index (χ0n) is 12.2. The summed E-state index contributed by atoms with van der Waals surface area (Å²) < 4.78 is 45.8. The summed E-state index contributed by atoms with van der Waals surface area (Å²) in [6, 6.07) is 13.6. The van der Waals surface area contributed by atoms with Crippen molar-refractivity contribution in [1.82, 2.24) is 5.16 Å². The van der Waals surface area contributed by atoms with E-state index in [-0.39, 0.29) is 16.3 Å². The highest BCUT2D eigenvalue weighted by molar-refractivity contribution is 7.92. The van der Waals surface area contributed by atoms with E-state index in [9.17, 15) is 12.8 Å². The Labute approximate surface area is 132 Å². The molecule has 1 N–H and O–H groups in total. The van der Waals surface area contributed by atoms with Crippen molar-refractivity contribution in [1.29, 1.82) is 0 Å². The van der Waals surface area contributed by atoms with Gasteiger partial charge in [-0.15, -0.1) is 0 Å². The average Bonchev–Trinajstić information content (AvgIpc) is 2.89. The van der Waals surface area contributed by atoms with E-state index < -0.39 is 15.8 Å². The smallest absolute Gasteiger partial charge is 0.262 e. The fourth-order valence-electron chi connectivity index (χ4n) is 2.12. The van der Waals surface area contributed by atoms with E-state index in [1.807, 2.05) is 0 Å². The van der Waals surface area contributed by atoms with Crippen LogP contribution in [0.4, 0.5) is 10.1 Å². The molecule has 1 aromatic heterocycles. The summed E-state index contributed by atoms with van der Waals surface area (Å²) in [6.07, 6.45) is 0. The third kappa shape index (κ3) is 3.09. The van der Waals surface area contributed by atoms with Crippen LogP contribution in [0.5, 0.6) is 0 Å². The molecule has 0 amide bonds. The lowest BCUT2D eigenvalue weighted by Gasteiger charge is -2.08. The Bertz CT molecular complexity index is 937. The Morgan fingerprint density at radius 2 is 1.83 bits per heavy atom. The van der Waals surface area contributed by atoms with Crippen molar-refractivity contribution in [3.05, 3.63) is 66.2 Å². The molecular formula is C16H13FN2O3S. The van der Waals surface area contributed by atoms with Gasteiger partial charge in [0.25, 0.3) is 10.0 Å². The third-order valence-electron chi connectivity index (χ3n) is 3.25. The standard InChI is InChI=1S/C16H13FN2O3S/c1-11-15(19-23(20,21)14-8-3-2-4-9-14)16(18-22-11)12-6-5-7-13(17)10-12/h2-10,19H,1H3. The molecule has 23 heavy (non-hydrogen) atoms. The van der Waals surface area contributed by atoms with E-state index in [0.29, 0.717) is 11.3 Å². The highest BCUT2D eigenvalue weighted by atomic mass is 32.2. The second-order valence-electron chi connectivity index (χ2n) is 4.89. The summed E-state index contributed by atoms with van der Waals surface area (Å²) in [6.45, 7) is 1.58. The van der Waals surface area contributed by atoms with Crippen LogP contribution in [-0.2, 0) is 10.0 Å². The number of hydrogen-bond donors (Lipinski definition) is 1. The maximum absolute atomic E-state index is 13.4. The lowest BCUT2D eigenvalue weighted by Crippen LogP contribution is -2.13. The summed E-state index contributed by atoms with van der Waals surface area (Å²) in [5.41, 5.74) is 0.855. The van der Waals surface area contributed by atoms with Crippen molar-refractivity contribution >= 4 is 15.7 Å². The van der Waals surface area contributed by atoms with Crippen LogP contribution >= 0.6 is 0 Å². The minimum Gasteiger partial charge on any atom is -0.359 e. The molecule has 0 bridgehead atoms. The largest absolute Gasteiger partial charge is 0.359 e. The lowest BCUT2D eigenvalue weighted by molar-refractivity contribution is 0.400. The minimum atomic E-state index is -3.79. The minimum absolute atomic E-state index is 0.116. The van der Waals surface area contributed by atoms with Crippen molar-refractivity contribution in [3.63, 3.8) is 0 Å². The molecule has 5 nitrogen and oxygen atoms in total. The van der Waals surface area contributed by atoms with Gasteiger partial charge in [-0.25, -0.2) is 12.8 Å². The molecule has 7 heteroatoms. The first-order valence-corrected chi connectivity index (χ1v) is 8.26. The monoisotopic (exact) mass is 332 g/mol. The summed E-state index contributed by atoms with van der Waals surface area (Å²) >= 11 is 0. The molecule has 0 saturated carbocycles. The van der Waals surface area contributed by atoms with E-state index in [1.165, 1.54) is 30.3 Å².